The highest BCUT2D eigenvalue weighted by molar-refractivity contribution is 5.38. The Morgan fingerprint density at radius 3 is 2.67 bits per heavy atom. The monoisotopic (exact) mass is 239 g/mol. The average molecular weight is 239 g/mol. The van der Waals surface area contributed by atoms with Crippen molar-refractivity contribution in [2.24, 2.45) is 0 Å². The summed E-state index contributed by atoms with van der Waals surface area (Å²) in [7, 11) is 0. The van der Waals surface area contributed by atoms with Gasteiger partial charge in [-0.3, -0.25) is 4.98 Å². The second kappa shape index (κ2) is 6.43. The number of aromatic nitrogens is 1. The van der Waals surface area contributed by atoms with Crippen LogP contribution in [0.1, 0.15) is 11.1 Å². The van der Waals surface area contributed by atoms with E-state index in [1.165, 1.54) is 0 Å². The lowest BCUT2D eigenvalue weighted by Crippen LogP contribution is -1.95. The van der Waals surface area contributed by atoms with Gasteiger partial charge in [-0.1, -0.05) is 17.9 Å². The van der Waals surface area contributed by atoms with E-state index >= 15 is 0 Å². The van der Waals surface area contributed by atoms with E-state index < -0.39 is 0 Å². The average Bonchev–Trinajstić information content (AvgIpc) is 2.45. The van der Waals surface area contributed by atoms with Crippen LogP contribution >= 0.6 is 0 Å². The molecule has 0 unspecified atom stereocenters. The van der Waals surface area contributed by atoms with Crippen molar-refractivity contribution in [2.75, 3.05) is 6.61 Å². The first-order valence-corrected chi connectivity index (χ1v) is 5.60. The number of aliphatic hydroxyl groups excluding tert-OH is 1. The fraction of sp³-hybridized carbons (Fsp3) is 0.133. The molecule has 3 heteroatoms. The van der Waals surface area contributed by atoms with Crippen LogP contribution in [0.15, 0.2) is 48.8 Å². The predicted octanol–water partition coefficient (Wildman–Crippen LogP) is 2.00. The van der Waals surface area contributed by atoms with Crippen molar-refractivity contribution < 1.29 is 9.84 Å². The zero-order chi connectivity index (χ0) is 12.6. The Labute approximate surface area is 106 Å². The SMILES string of the molecule is OCC#Cc1ccc(OCc2cccnc2)cc1. The smallest absolute Gasteiger partial charge is 0.119 e. The highest BCUT2D eigenvalue weighted by Gasteiger charge is 1.95. The molecule has 0 amide bonds. The molecule has 0 saturated heterocycles. The van der Waals surface area contributed by atoms with Crippen LogP contribution in [0, 0.1) is 11.8 Å². The summed E-state index contributed by atoms with van der Waals surface area (Å²) in [4.78, 5) is 4.02. The zero-order valence-electron chi connectivity index (χ0n) is 9.84. The number of pyridine rings is 1. The lowest BCUT2D eigenvalue weighted by molar-refractivity contribution is 0.306. The maximum absolute atomic E-state index is 8.59. The van der Waals surface area contributed by atoms with Crippen molar-refractivity contribution in [1.82, 2.24) is 4.98 Å². The minimum Gasteiger partial charge on any atom is -0.489 e. The van der Waals surface area contributed by atoms with Crippen molar-refractivity contribution in [3.05, 3.63) is 59.9 Å². The summed E-state index contributed by atoms with van der Waals surface area (Å²) < 4.78 is 5.61. The van der Waals surface area contributed by atoms with Crippen LogP contribution in [-0.2, 0) is 6.61 Å². The molecule has 3 nitrogen and oxygen atoms in total. The molecule has 90 valence electrons. The normalized spacial score (nSPS) is 9.39. The van der Waals surface area contributed by atoms with Gasteiger partial charge in [0.25, 0.3) is 0 Å². The van der Waals surface area contributed by atoms with Gasteiger partial charge in [0.15, 0.2) is 0 Å². The van der Waals surface area contributed by atoms with Crippen LogP contribution in [0.4, 0.5) is 0 Å². The van der Waals surface area contributed by atoms with E-state index in [1.54, 1.807) is 12.4 Å². The van der Waals surface area contributed by atoms with Gasteiger partial charge in [0.05, 0.1) is 0 Å². The minimum atomic E-state index is -0.126. The molecule has 0 atom stereocenters. The van der Waals surface area contributed by atoms with Gasteiger partial charge in [-0.05, 0) is 30.3 Å². The molecule has 0 aliphatic rings. The molecule has 18 heavy (non-hydrogen) atoms. The fourth-order valence-electron chi connectivity index (χ4n) is 1.43. The Balaban J connectivity index is 1.94. The number of rotatable bonds is 3. The van der Waals surface area contributed by atoms with E-state index in [-0.39, 0.29) is 6.61 Å². The number of ether oxygens (including phenoxy) is 1. The van der Waals surface area contributed by atoms with Crippen LogP contribution in [0.3, 0.4) is 0 Å². The zero-order valence-corrected chi connectivity index (χ0v) is 9.84. The molecular formula is C15H13NO2. The minimum absolute atomic E-state index is 0.126. The van der Waals surface area contributed by atoms with Crippen molar-refractivity contribution in [3.63, 3.8) is 0 Å². The highest BCUT2D eigenvalue weighted by Crippen LogP contribution is 2.13. The molecule has 1 heterocycles. The summed E-state index contributed by atoms with van der Waals surface area (Å²) in [6.45, 7) is 0.370. The Hall–Kier alpha value is -2.31. The third-order valence-electron chi connectivity index (χ3n) is 2.29. The Kier molecular flexibility index (Phi) is 4.34. The van der Waals surface area contributed by atoms with Crippen LogP contribution in [-0.4, -0.2) is 16.7 Å². The molecule has 0 radical (unpaired) electrons. The quantitative estimate of drug-likeness (QED) is 0.833. The number of hydrogen-bond acceptors (Lipinski definition) is 3. The third kappa shape index (κ3) is 3.62. The molecule has 0 aliphatic heterocycles. The van der Waals surface area contributed by atoms with E-state index in [9.17, 15) is 0 Å². The van der Waals surface area contributed by atoms with E-state index in [2.05, 4.69) is 16.8 Å². The van der Waals surface area contributed by atoms with Crippen LogP contribution < -0.4 is 4.74 Å². The Morgan fingerprint density at radius 1 is 1.17 bits per heavy atom. The van der Waals surface area contributed by atoms with Gasteiger partial charge < -0.3 is 9.84 Å². The van der Waals surface area contributed by atoms with Crippen molar-refractivity contribution in [2.45, 2.75) is 6.61 Å². The topological polar surface area (TPSA) is 42.4 Å². The number of hydrogen-bond donors (Lipinski definition) is 1. The predicted molar refractivity (Wildman–Crippen MR) is 69.0 cm³/mol. The summed E-state index contributed by atoms with van der Waals surface area (Å²) in [5, 5.41) is 8.59. The molecule has 0 fully saturated rings. The molecule has 0 bridgehead atoms. The van der Waals surface area contributed by atoms with Gasteiger partial charge in [-0.2, -0.15) is 0 Å². The summed E-state index contributed by atoms with van der Waals surface area (Å²) >= 11 is 0. The molecule has 1 aromatic heterocycles. The van der Waals surface area contributed by atoms with Crippen molar-refractivity contribution in [3.8, 4) is 17.6 Å². The summed E-state index contributed by atoms with van der Waals surface area (Å²) in [5.41, 5.74) is 1.89. The fourth-order valence-corrected chi connectivity index (χ4v) is 1.43. The maximum atomic E-state index is 8.59. The van der Waals surface area contributed by atoms with Gasteiger partial charge in [-0.15, -0.1) is 0 Å². The van der Waals surface area contributed by atoms with Crippen LogP contribution in [0.5, 0.6) is 5.75 Å². The second-order valence-electron chi connectivity index (χ2n) is 3.63. The third-order valence-corrected chi connectivity index (χ3v) is 2.29. The van der Waals surface area contributed by atoms with Crippen molar-refractivity contribution >= 4 is 0 Å². The van der Waals surface area contributed by atoms with Crippen molar-refractivity contribution in [1.29, 1.82) is 0 Å². The summed E-state index contributed by atoms with van der Waals surface area (Å²) in [6, 6.07) is 11.3. The summed E-state index contributed by atoms with van der Waals surface area (Å²) in [6.07, 6.45) is 3.51. The van der Waals surface area contributed by atoms with Gasteiger partial charge in [-0.25, -0.2) is 0 Å². The molecule has 0 aliphatic carbocycles. The maximum Gasteiger partial charge on any atom is 0.119 e. The molecule has 2 aromatic rings. The standard InChI is InChI=1S/C15H13NO2/c17-10-2-4-13-5-7-15(8-6-13)18-12-14-3-1-9-16-11-14/h1,3,5-9,11,17H,10,12H2. The summed E-state index contributed by atoms with van der Waals surface area (Å²) in [5.74, 6) is 6.21. The van der Waals surface area contributed by atoms with Gasteiger partial charge >= 0.3 is 0 Å². The lowest BCUT2D eigenvalue weighted by Gasteiger charge is -2.05. The first-order valence-electron chi connectivity index (χ1n) is 5.60. The largest absolute Gasteiger partial charge is 0.489 e. The van der Waals surface area contributed by atoms with E-state index in [4.69, 9.17) is 9.84 Å². The molecule has 1 aromatic carbocycles. The van der Waals surface area contributed by atoms with Crippen LogP contribution in [0.25, 0.3) is 0 Å². The number of aliphatic hydroxyl groups is 1. The first-order chi connectivity index (χ1) is 8.88. The lowest BCUT2D eigenvalue weighted by atomic mass is 10.2. The van der Waals surface area contributed by atoms with E-state index in [0.717, 1.165) is 16.9 Å². The Morgan fingerprint density at radius 2 is 2.00 bits per heavy atom. The van der Waals surface area contributed by atoms with E-state index in [1.807, 2.05) is 36.4 Å². The molecule has 2 rings (SSSR count). The second-order valence-corrected chi connectivity index (χ2v) is 3.63. The number of nitrogens with zero attached hydrogens (tertiary/aromatic N) is 1. The Bertz CT molecular complexity index is 538. The number of benzene rings is 1. The first kappa shape index (κ1) is 12.2. The molecule has 0 saturated carbocycles. The molecule has 1 N–H and O–H groups in total. The molecule has 0 spiro atoms. The van der Waals surface area contributed by atoms with Gasteiger partial charge in [0, 0.05) is 23.5 Å². The highest BCUT2D eigenvalue weighted by atomic mass is 16.5. The van der Waals surface area contributed by atoms with E-state index in [0.29, 0.717) is 6.61 Å². The molecular weight excluding hydrogens is 226 g/mol. The van der Waals surface area contributed by atoms with Crippen LogP contribution in [0.2, 0.25) is 0 Å². The van der Waals surface area contributed by atoms with Gasteiger partial charge in [0.2, 0.25) is 0 Å². The van der Waals surface area contributed by atoms with Gasteiger partial charge in [0.1, 0.15) is 19.0 Å².